The van der Waals surface area contributed by atoms with Crippen molar-refractivity contribution in [2.75, 3.05) is 18.4 Å². The molecular weight excluding hydrogens is 290 g/mol. The van der Waals surface area contributed by atoms with Crippen molar-refractivity contribution < 1.29 is 9.59 Å². The highest BCUT2D eigenvalue weighted by Gasteiger charge is 2.15. The Labute approximate surface area is 131 Å². The molecule has 0 radical (unpaired) electrons. The average Bonchev–Trinajstić information content (AvgIpc) is 2.91. The van der Waals surface area contributed by atoms with Crippen LogP contribution in [0.2, 0.25) is 0 Å². The highest BCUT2D eigenvalue weighted by atomic mass is 35.5. The second-order valence-corrected chi connectivity index (χ2v) is 5.29. The second kappa shape index (κ2) is 8.64. The first kappa shape index (κ1) is 17.5. The lowest BCUT2D eigenvalue weighted by molar-refractivity contribution is -0.117. The molecule has 0 aliphatic carbocycles. The lowest BCUT2D eigenvalue weighted by Gasteiger charge is -2.09. The zero-order valence-electron chi connectivity index (χ0n) is 11.9. The summed E-state index contributed by atoms with van der Waals surface area (Å²) < 4.78 is 0. The number of anilines is 1. The number of carbonyl (C=O) groups is 2. The summed E-state index contributed by atoms with van der Waals surface area (Å²) in [7, 11) is 0. The van der Waals surface area contributed by atoms with E-state index in [9.17, 15) is 9.59 Å². The number of hydrogen-bond acceptors (Lipinski definition) is 3. The van der Waals surface area contributed by atoms with Gasteiger partial charge in [-0.1, -0.05) is 12.1 Å². The van der Waals surface area contributed by atoms with Gasteiger partial charge in [0, 0.05) is 12.1 Å². The van der Waals surface area contributed by atoms with Crippen LogP contribution < -0.4 is 16.4 Å². The van der Waals surface area contributed by atoms with Crippen LogP contribution in [0, 0.1) is 5.92 Å². The molecule has 1 aromatic carbocycles. The lowest BCUT2D eigenvalue weighted by atomic mass is 10.0. The van der Waals surface area contributed by atoms with Crippen molar-refractivity contribution in [2.24, 2.45) is 11.7 Å². The molecule has 1 aliphatic heterocycles. The van der Waals surface area contributed by atoms with Gasteiger partial charge in [0.15, 0.2) is 0 Å². The van der Waals surface area contributed by atoms with Crippen molar-refractivity contribution in [2.45, 2.75) is 25.7 Å². The molecule has 6 heteroatoms. The van der Waals surface area contributed by atoms with E-state index in [2.05, 4.69) is 10.6 Å². The standard InChI is InChI=1S/C15H21N3O2.ClH/c16-14(19)9-11-1-4-13(5-2-11)18-15(20)6-3-12-7-8-17-10-12;/h1-2,4-5,12,17H,3,6-10H2,(H2,16,19)(H,18,20);1H. The van der Waals surface area contributed by atoms with Gasteiger partial charge < -0.3 is 16.4 Å². The fourth-order valence-electron chi connectivity index (χ4n) is 2.43. The molecule has 4 N–H and O–H groups in total. The fourth-order valence-corrected chi connectivity index (χ4v) is 2.43. The molecule has 5 nitrogen and oxygen atoms in total. The van der Waals surface area contributed by atoms with Crippen molar-refractivity contribution in [3.63, 3.8) is 0 Å². The van der Waals surface area contributed by atoms with Gasteiger partial charge in [-0.3, -0.25) is 9.59 Å². The Morgan fingerprint density at radius 3 is 2.57 bits per heavy atom. The summed E-state index contributed by atoms with van der Waals surface area (Å²) in [6, 6.07) is 7.21. The zero-order chi connectivity index (χ0) is 14.4. The van der Waals surface area contributed by atoms with Gasteiger partial charge in [-0.2, -0.15) is 0 Å². The Kier molecular flexibility index (Phi) is 7.19. The number of benzene rings is 1. The second-order valence-electron chi connectivity index (χ2n) is 5.29. The Hall–Kier alpha value is -1.59. The molecule has 1 aromatic rings. The zero-order valence-corrected chi connectivity index (χ0v) is 12.7. The molecule has 1 atom stereocenters. The van der Waals surface area contributed by atoms with Crippen LogP contribution >= 0.6 is 12.4 Å². The van der Waals surface area contributed by atoms with Crippen molar-refractivity contribution >= 4 is 29.9 Å². The molecule has 21 heavy (non-hydrogen) atoms. The minimum Gasteiger partial charge on any atom is -0.369 e. The van der Waals surface area contributed by atoms with Crippen LogP contribution in [-0.2, 0) is 16.0 Å². The molecule has 0 aromatic heterocycles. The number of nitrogens with one attached hydrogen (secondary N) is 2. The Morgan fingerprint density at radius 1 is 1.29 bits per heavy atom. The summed E-state index contributed by atoms with van der Waals surface area (Å²) in [5.74, 6) is 0.310. The topological polar surface area (TPSA) is 84.2 Å². The van der Waals surface area contributed by atoms with Crippen LogP contribution in [-0.4, -0.2) is 24.9 Å². The van der Waals surface area contributed by atoms with Gasteiger partial charge in [0.2, 0.25) is 11.8 Å². The van der Waals surface area contributed by atoms with Gasteiger partial charge >= 0.3 is 0 Å². The smallest absolute Gasteiger partial charge is 0.224 e. The number of amides is 2. The van der Waals surface area contributed by atoms with E-state index in [0.717, 1.165) is 37.2 Å². The Bertz CT molecular complexity index is 470. The summed E-state index contributed by atoms with van der Waals surface area (Å²) in [4.78, 5) is 22.6. The van der Waals surface area contributed by atoms with Crippen LogP contribution in [0.25, 0.3) is 0 Å². The minimum atomic E-state index is -0.355. The molecule has 1 aliphatic rings. The molecule has 2 rings (SSSR count). The molecule has 1 heterocycles. The number of halogens is 1. The van der Waals surface area contributed by atoms with E-state index in [-0.39, 0.29) is 30.6 Å². The molecule has 116 valence electrons. The first-order chi connectivity index (χ1) is 9.63. The summed E-state index contributed by atoms with van der Waals surface area (Å²) in [5, 5.41) is 6.17. The van der Waals surface area contributed by atoms with Gasteiger partial charge in [-0.15, -0.1) is 12.4 Å². The molecule has 1 fully saturated rings. The third kappa shape index (κ3) is 6.14. The Balaban J connectivity index is 0.00000220. The van der Waals surface area contributed by atoms with E-state index in [1.54, 1.807) is 24.3 Å². The predicted molar refractivity (Wildman–Crippen MR) is 85.4 cm³/mol. The number of primary amides is 1. The SMILES string of the molecule is Cl.NC(=O)Cc1ccc(NC(=O)CCC2CCNC2)cc1. The number of rotatable bonds is 6. The lowest BCUT2D eigenvalue weighted by Crippen LogP contribution is -2.15. The van der Waals surface area contributed by atoms with Crippen LogP contribution in [0.5, 0.6) is 0 Å². The average molecular weight is 312 g/mol. The van der Waals surface area contributed by atoms with Gasteiger partial charge in [-0.25, -0.2) is 0 Å². The van der Waals surface area contributed by atoms with Gasteiger partial charge in [-0.05, 0) is 49.5 Å². The van der Waals surface area contributed by atoms with E-state index in [1.165, 1.54) is 0 Å². The van der Waals surface area contributed by atoms with Crippen LogP contribution in [0.3, 0.4) is 0 Å². The molecule has 0 spiro atoms. The maximum Gasteiger partial charge on any atom is 0.224 e. The summed E-state index contributed by atoms with van der Waals surface area (Å²) in [6.07, 6.45) is 2.87. The number of hydrogen-bond donors (Lipinski definition) is 3. The molecular formula is C15H22ClN3O2. The number of nitrogens with two attached hydrogens (primary N) is 1. The van der Waals surface area contributed by atoms with Crippen molar-refractivity contribution in [1.82, 2.24) is 5.32 Å². The largest absolute Gasteiger partial charge is 0.369 e. The first-order valence-corrected chi connectivity index (χ1v) is 7.01. The highest BCUT2D eigenvalue weighted by molar-refractivity contribution is 5.90. The van der Waals surface area contributed by atoms with E-state index < -0.39 is 0 Å². The third-order valence-electron chi connectivity index (χ3n) is 3.56. The molecule has 0 saturated carbocycles. The van der Waals surface area contributed by atoms with Gasteiger partial charge in [0.25, 0.3) is 0 Å². The highest BCUT2D eigenvalue weighted by Crippen LogP contribution is 2.15. The van der Waals surface area contributed by atoms with Gasteiger partial charge in [0.1, 0.15) is 0 Å². The number of carbonyl (C=O) groups excluding carboxylic acids is 2. The molecule has 2 amide bonds. The normalized spacial score (nSPS) is 17.0. The summed E-state index contributed by atoms with van der Waals surface area (Å²) in [5.41, 5.74) is 6.74. The first-order valence-electron chi connectivity index (χ1n) is 7.01. The van der Waals surface area contributed by atoms with Crippen molar-refractivity contribution in [3.8, 4) is 0 Å². The molecule has 1 unspecified atom stereocenters. The summed E-state index contributed by atoms with van der Waals surface area (Å²) >= 11 is 0. The van der Waals surface area contributed by atoms with E-state index in [1.807, 2.05) is 0 Å². The monoisotopic (exact) mass is 311 g/mol. The quantitative estimate of drug-likeness (QED) is 0.743. The minimum absolute atomic E-state index is 0. The maximum absolute atomic E-state index is 11.8. The predicted octanol–water partition coefficient (Wildman–Crippen LogP) is 1.46. The van der Waals surface area contributed by atoms with E-state index >= 15 is 0 Å². The van der Waals surface area contributed by atoms with E-state index in [0.29, 0.717) is 12.3 Å². The molecule has 0 bridgehead atoms. The van der Waals surface area contributed by atoms with Crippen LogP contribution in [0.15, 0.2) is 24.3 Å². The van der Waals surface area contributed by atoms with Crippen LogP contribution in [0.1, 0.15) is 24.8 Å². The maximum atomic E-state index is 11.8. The summed E-state index contributed by atoms with van der Waals surface area (Å²) in [6.45, 7) is 2.09. The Morgan fingerprint density at radius 2 is 2.00 bits per heavy atom. The van der Waals surface area contributed by atoms with Crippen molar-refractivity contribution in [3.05, 3.63) is 29.8 Å². The van der Waals surface area contributed by atoms with Crippen LogP contribution in [0.4, 0.5) is 5.69 Å². The van der Waals surface area contributed by atoms with Crippen molar-refractivity contribution in [1.29, 1.82) is 0 Å². The van der Waals surface area contributed by atoms with E-state index in [4.69, 9.17) is 5.73 Å². The third-order valence-corrected chi connectivity index (χ3v) is 3.56. The fraction of sp³-hybridized carbons (Fsp3) is 0.467. The molecule has 1 saturated heterocycles. The van der Waals surface area contributed by atoms with Gasteiger partial charge in [0.05, 0.1) is 6.42 Å².